The van der Waals surface area contributed by atoms with Crippen LogP contribution in [0.3, 0.4) is 0 Å². The minimum absolute atomic E-state index is 0.0720. The summed E-state index contributed by atoms with van der Waals surface area (Å²) < 4.78 is 0.959. The molecule has 5 nitrogen and oxygen atoms in total. The topological polar surface area (TPSA) is 70.2 Å². The molecule has 2 amide bonds. The molecule has 7 heteroatoms. The second-order valence-electron chi connectivity index (χ2n) is 5.75. The quantitative estimate of drug-likeness (QED) is 0.447. The van der Waals surface area contributed by atoms with Crippen LogP contribution in [0.4, 0.5) is 5.69 Å². The van der Waals surface area contributed by atoms with Crippen molar-refractivity contribution in [1.82, 2.24) is 10.6 Å². The summed E-state index contributed by atoms with van der Waals surface area (Å²) in [6.07, 6.45) is 0.839. The van der Waals surface area contributed by atoms with E-state index in [4.69, 9.17) is 12.2 Å². The van der Waals surface area contributed by atoms with Gasteiger partial charge in [-0.05, 0) is 78.5 Å². The Balaban J connectivity index is 2.07. The molecular weight excluding hydrogens is 461 g/mol. The number of carbonyl (C=O) groups is 2. The summed E-state index contributed by atoms with van der Waals surface area (Å²) in [5, 5.41) is 8.63. The molecule has 0 heterocycles. The maximum absolute atomic E-state index is 12.4. The molecule has 26 heavy (non-hydrogen) atoms. The molecule has 0 aliphatic carbocycles. The van der Waals surface area contributed by atoms with Crippen molar-refractivity contribution in [3.8, 4) is 0 Å². The highest BCUT2D eigenvalue weighted by Gasteiger charge is 2.14. The number of hydrogen-bond acceptors (Lipinski definition) is 3. The molecule has 0 aliphatic rings. The highest BCUT2D eigenvalue weighted by atomic mass is 127. The average Bonchev–Trinajstić information content (AvgIpc) is 2.61. The molecule has 0 saturated heterocycles. The van der Waals surface area contributed by atoms with Crippen molar-refractivity contribution in [2.45, 2.75) is 26.3 Å². The third kappa shape index (κ3) is 5.77. The Labute approximate surface area is 172 Å². The van der Waals surface area contributed by atoms with Crippen LogP contribution in [0.25, 0.3) is 0 Å². The Hall–Kier alpha value is -2.00. The summed E-state index contributed by atoms with van der Waals surface area (Å²) in [7, 11) is 0. The van der Waals surface area contributed by atoms with E-state index in [9.17, 15) is 9.59 Å². The van der Waals surface area contributed by atoms with Gasteiger partial charge in [-0.2, -0.15) is 0 Å². The summed E-state index contributed by atoms with van der Waals surface area (Å²) in [4.78, 5) is 24.7. The van der Waals surface area contributed by atoms with Crippen molar-refractivity contribution < 1.29 is 9.59 Å². The normalized spacial score (nSPS) is 11.3. The van der Waals surface area contributed by atoms with Gasteiger partial charge in [0, 0.05) is 15.2 Å². The molecule has 0 fully saturated rings. The van der Waals surface area contributed by atoms with E-state index in [1.165, 1.54) is 0 Å². The number of benzene rings is 2. The molecule has 0 bridgehead atoms. The van der Waals surface area contributed by atoms with Crippen LogP contribution in [0, 0.1) is 3.57 Å². The van der Waals surface area contributed by atoms with E-state index >= 15 is 0 Å². The van der Waals surface area contributed by atoms with Gasteiger partial charge in [-0.15, -0.1) is 0 Å². The molecule has 0 saturated carbocycles. The lowest BCUT2D eigenvalue weighted by Crippen LogP contribution is -2.36. The second kappa shape index (κ2) is 9.63. The van der Waals surface area contributed by atoms with E-state index < -0.39 is 0 Å². The maximum atomic E-state index is 12.4. The summed E-state index contributed by atoms with van der Waals surface area (Å²) in [5.41, 5.74) is 1.53. The molecule has 0 aliphatic heterocycles. The van der Waals surface area contributed by atoms with E-state index in [0.717, 1.165) is 9.99 Å². The number of carbonyl (C=O) groups excluding carboxylic acids is 2. The zero-order chi connectivity index (χ0) is 19.1. The first-order valence-electron chi connectivity index (χ1n) is 8.18. The van der Waals surface area contributed by atoms with E-state index in [2.05, 4.69) is 38.5 Å². The lowest BCUT2D eigenvalue weighted by Gasteiger charge is -2.16. The van der Waals surface area contributed by atoms with Gasteiger partial charge in [0.2, 0.25) is 0 Å². The summed E-state index contributed by atoms with van der Waals surface area (Å²) in [5.74, 6) is -0.489. The second-order valence-corrected chi connectivity index (χ2v) is 7.40. The van der Waals surface area contributed by atoms with Crippen LogP contribution in [0.5, 0.6) is 0 Å². The van der Waals surface area contributed by atoms with Crippen LogP contribution in [-0.4, -0.2) is 23.0 Å². The first-order valence-corrected chi connectivity index (χ1v) is 9.67. The first kappa shape index (κ1) is 20.3. The SMILES string of the molecule is CCC(C)NC(=O)c1ccccc1NC(=S)NC(=O)c1cccc(I)c1. The maximum Gasteiger partial charge on any atom is 0.257 e. The minimum atomic E-state index is -0.303. The fourth-order valence-electron chi connectivity index (χ4n) is 2.15. The first-order chi connectivity index (χ1) is 12.4. The summed E-state index contributed by atoms with van der Waals surface area (Å²) in [6.45, 7) is 3.95. The van der Waals surface area contributed by atoms with Gasteiger partial charge in [0.15, 0.2) is 5.11 Å². The van der Waals surface area contributed by atoms with Gasteiger partial charge in [0.05, 0.1) is 11.3 Å². The number of rotatable bonds is 5. The van der Waals surface area contributed by atoms with Gasteiger partial charge in [0.25, 0.3) is 11.8 Å². The molecule has 1 atom stereocenters. The zero-order valence-corrected chi connectivity index (χ0v) is 17.5. The third-order valence-electron chi connectivity index (χ3n) is 3.72. The van der Waals surface area contributed by atoms with Crippen molar-refractivity contribution in [1.29, 1.82) is 0 Å². The average molecular weight is 481 g/mol. The van der Waals surface area contributed by atoms with Crippen LogP contribution in [-0.2, 0) is 0 Å². The zero-order valence-electron chi connectivity index (χ0n) is 14.5. The van der Waals surface area contributed by atoms with Crippen molar-refractivity contribution in [2.24, 2.45) is 0 Å². The van der Waals surface area contributed by atoms with Crippen LogP contribution < -0.4 is 16.0 Å². The van der Waals surface area contributed by atoms with Crippen LogP contribution in [0.1, 0.15) is 41.0 Å². The highest BCUT2D eigenvalue weighted by Crippen LogP contribution is 2.15. The van der Waals surface area contributed by atoms with Crippen LogP contribution >= 0.6 is 34.8 Å². The summed E-state index contributed by atoms with van der Waals surface area (Å²) in [6, 6.07) is 14.3. The Morgan fingerprint density at radius 2 is 1.85 bits per heavy atom. The predicted molar refractivity (Wildman–Crippen MR) is 117 cm³/mol. The van der Waals surface area contributed by atoms with E-state index in [-0.39, 0.29) is 23.0 Å². The number of halogens is 1. The Morgan fingerprint density at radius 1 is 1.12 bits per heavy atom. The van der Waals surface area contributed by atoms with Crippen molar-refractivity contribution in [3.05, 3.63) is 63.2 Å². The predicted octanol–water partition coefficient (Wildman–Crippen LogP) is 3.95. The van der Waals surface area contributed by atoms with Gasteiger partial charge in [0.1, 0.15) is 0 Å². The molecule has 0 spiro atoms. The summed E-state index contributed by atoms with van der Waals surface area (Å²) >= 11 is 7.37. The number of hydrogen-bond donors (Lipinski definition) is 3. The number of nitrogens with one attached hydrogen (secondary N) is 3. The van der Waals surface area contributed by atoms with Gasteiger partial charge in [-0.3, -0.25) is 14.9 Å². The van der Waals surface area contributed by atoms with Crippen molar-refractivity contribution >= 4 is 57.4 Å². The van der Waals surface area contributed by atoms with Gasteiger partial charge < -0.3 is 10.6 Å². The lowest BCUT2D eigenvalue weighted by molar-refractivity contribution is 0.0938. The number of amides is 2. The fraction of sp³-hybridized carbons (Fsp3) is 0.211. The molecule has 2 rings (SSSR count). The molecular formula is C19H20IN3O2S. The number of anilines is 1. The number of para-hydroxylation sites is 1. The van der Waals surface area contributed by atoms with E-state index in [0.29, 0.717) is 16.8 Å². The Morgan fingerprint density at radius 3 is 2.54 bits per heavy atom. The molecule has 0 radical (unpaired) electrons. The van der Waals surface area contributed by atoms with Crippen molar-refractivity contribution in [2.75, 3.05) is 5.32 Å². The lowest BCUT2D eigenvalue weighted by atomic mass is 10.1. The molecule has 1 unspecified atom stereocenters. The van der Waals surface area contributed by atoms with Gasteiger partial charge in [-0.25, -0.2) is 0 Å². The Kier molecular flexibility index (Phi) is 7.52. The minimum Gasteiger partial charge on any atom is -0.350 e. The molecule has 2 aromatic rings. The van der Waals surface area contributed by atoms with Crippen LogP contribution in [0.2, 0.25) is 0 Å². The van der Waals surface area contributed by atoms with Crippen LogP contribution in [0.15, 0.2) is 48.5 Å². The fourth-order valence-corrected chi connectivity index (χ4v) is 2.90. The van der Waals surface area contributed by atoms with Gasteiger partial charge >= 0.3 is 0 Å². The van der Waals surface area contributed by atoms with E-state index in [1.807, 2.05) is 26.0 Å². The monoisotopic (exact) mass is 481 g/mol. The molecule has 136 valence electrons. The van der Waals surface area contributed by atoms with Gasteiger partial charge in [-0.1, -0.05) is 25.1 Å². The Bertz CT molecular complexity index is 826. The number of thiocarbonyl (C=S) groups is 1. The smallest absolute Gasteiger partial charge is 0.257 e. The highest BCUT2D eigenvalue weighted by molar-refractivity contribution is 14.1. The molecule has 3 N–H and O–H groups in total. The van der Waals surface area contributed by atoms with E-state index in [1.54, 1.807) is 36.4 Å². The standard InChI is InChI=1S/C19H20IN3O2S/c1-3-12(2)21-18(25)15-9-4-5-10-16(15)22-19(26)23-17(24)13-7-6-8-14(20)11-13/h4-12H,3H2,1-2H3,(H,21,25)(H2,22,23,24,26). The molecule has 2 aromatic carbocycles. The molecule has 0 aromatic heterocycles. The largest absolute Gasteiger partial charge is 0.350 e. The third-order valence-corrected chi connectivity index (χ3v) is 4.60. The van der Waals surface area contributed by atoms with Crippen molar-refractivity contribution in [3.63, 3.8) is 0 Å².